The van der Waals surface area contributed by atoms with Crippen LogP contribution in [0.4, 0.5) is 0 Å². The summed E-state index contributed by atoms with van der Waals surface area (Å²) in [6.07, 6.45) is 0.687. The summed E-state index contributed by atoms with van der Waals surface area (Å²) in [5, 5.41) is 0. The number of benzene rings is 1. The maximum absolute atomic E-state index is 11.9. The average molecular weight is 333 g/mol. The summed E-state index contributed by atoms with van der Waals surface area (Å²) in [6.45, 7) is 0. The van der Waals surface area contributed by atoms with Crippen molar-refractivity contribution in [1.29, 1.82) is 0 Å². The first-order chi connectivity index (χ1) is 9.43. The van der Waals surface area contributed by atoms with Crippen LogP contribution in [0.25, 0.3) is 0 Å². The van der Waals surface area contributed by atoms with E-state index in [1.807, 2.05) is 0 Å². The number of rotatable bonds is 2. The highest BCUT2D eigenvalue weighted by Gasteiger charge is 2.33. The van der Waals surface area contributed by atoms with Gasteiger partial charge in [0.25, 0.3) is 20.2 Å². The Kier molecular flexibility index (Phi) is 3.25. The monoisotopic (exact) mass is 333 g/mol. The standard InChI is InChI=1S/C10H7NO8S2/c11-6-3-7(12)5-1-4(20(14,15)16)2-8(21(17,18)19)9(5)10(6)13/h1-3H,11H2,(H,14,15,16)(H,17,18,19). The van der Waals surface area contributed by atoms with Crippen molar-refractivity contribution < 1.29 is 35.5 Å². The number of nitrogens with two attached hydrogens (primary N) is 1. The van der Waals surface area contributed by atoms with E-state index in [0.29, 0.717) is 18.2 Å². The van der Waals surface area contributed by atoms with Crippen LogP contribution in [-0.2, 0) is 20.2 Å². The highest BCUT2D eigenvalue weighted by molar-refractivity contribution is 7.86. The molecule has 0 bridgehead atoms. The van der Waals surface area contributed by atoms with Crippen LogP contribution in [0, 0.1) is 0 Å². The number of hydrogen-bond acceptors (Lipinski definition) is 7. The van der Waals surface area contributed by atoms with Gasteiger partial charge in [-0.2, -0.15) is 16.8 Å². The highest BCUT2D eigenvalue weighted by atomic mass is 32.2. The van der Waals surface area contributed by atoms with Crippen LogP contribution in [0.5, 0.6) is 0 Å². The number of ketones is 2. The first-order valence-corrected chi connectivity index (χ1v) is 8.00. The zero-order chi connectivity index (χ0) is 16.2. The van der Waals surface area contributed by atoms with Gasteiger partial charge in [0.1, 0.15) is 4.90 Å². The van der Waals surface area contributed by atoms with E-state index in [-0.39, 0.29) is 0 Å². The summed E-state index contributed by atoms with van der Waals surface area (Å²) in [6, 6.07) is 0.996. The molecule has 0 aliphatic heterocycles. The maximum Gasteiger partial charge on any atom is 0.295 e. The van der Waals surface area contributed by atoms with Crippen LogP contribution in [0.15, 0.2) is 33.7 Å². The van der Waals surface area contributed by atoms with Gasteiger partial charge in [0.2, 0.25) is 5.78 Å². The normalized spacial score (nSPS) is 15.6. The highest BCUT2D eigenvalue weighted by Crippen LogP contribution is 2.29. The van der Waals surface area contributed by atoms with Crippen LogP contribution < -0.4 is 5.73 Å². The number of fused-ring (bicyclic) bond motifs is 1. The Bertz CT molecular complexity index is 924. The van der Waals surface area contributed by atoms with Crippen molar-refractivity contribution in [3.05, 3.63) is 35.0 Å². The molecule has 0 fully saturated rings. The van der Waals surface area contributed by atoms with Crippen LogP contribution in [0.1, 0.15) is 20.7 Å². The van der Waals surface area contributed by atoms with Gasteiger partial charge < -0.3 is 5.73 Å². The molecule has 2 rings (SSSR count). The third-order valence-electron chi connectivity index (χ3n) is 2.69. The second-order valence-electron chi connectivity index (χ2n) is 4.09. The minimum Gasteiger partial charge on any atom is -0.395 e. The Labute approximate surface area is 118 Å². The van der Waals surface area contributed by atoms with Gasteiger partial charge in [0.15, 0.2) is 5.78 Å². The molecule has 0 spiro atoms. The van der Waals surface area contributed by atoms with Gasteiger partial charge in [0, 0.05) is 11.6 Å². The largest absolute Gasteiger partial charge is 0.395 e. The first-order valence-electron chi connectivity index (χ1n) is 5.12. The second kappa shape index (κ2) is 4.46. The van der Waals surface area contributed by atoms with Crippen LogP contribution in [0.2, 0.25) is 0 Å². The first kappa shape index (κ1) is 15.3. The van der Waals surface area contributed by atoms with Crippen molar-refractivity contribution in [1.82, 2.24) is 0 Å². The molecule has 1 aromatic carbocycles. The lowest BCUT2D eigenvalue weighted by Crippen LogP contribution is -2.25. The quantitative estimate of drug-likeness (QED) is 0.598. The van der Waals surface area contributed by atoms with Crippen molar-refractivity contribution in [3.63, 3.8) is 0 Å². The fourth-order valence-corrected chi connectivity index (χ4v) is 3.14. The van der Waals surface area contributed by atoms with E-state index in [0.717, 1.165) is 0 Å². The van der Waals surface area contributed by atoms with Crippen molar-refractivity contribution in [3.8, 4) is 0 Å². The Morgan fingerprint density at radius 2 is 1.52 bits per heavy atom. The lowest BCUT2D eigenvalue weighted by atomic mass is 9.93. The fourth-order valence-electron chi connectivity index (χ4n) is 1.80. The summed E-state index contributed by atoms with van der Waals surface area (Å²) in [4.78, 5) is 21.5. The van der Waals surface area contributed by atoms with Crippen molar-refractivity contribution in [2.45, 2.75) is 9.79 Å². The maximum atomic E-state index is 11.9. The molecular formula is C10H7NO8S2. The minimum atomic E-state index is -5.04. The Morgan fingerprint density at radius 1 is 0.952 bits per heavy atom. The number of carbonyl (C=O) groups is 2. The van der Waals surface area contributed by atoms with Gasteiger partial charge >= 0.3 is 0 Å². The molecule has 21 heavy (non-hydrogen) atoms. The van der Waals surface area contributed by atoms with Gasteiger partial charge in [-0.15, -0.1) is 0 Å². The lowest BCUT2D eigenvalue weighted by molar-refractivity contribution is 0.0980. The smallest absolute Gasteiger partial charge is 0.295 e. The molecule has 0 heterocycles. The zero-order valence-corrected chi connectivity index (χ0v) is 11.6. The van der Waals surface area contributed by atoms with Crippen LogP contribution in [-0.4, -0.2) is 37.5 Å². The number of hydrogen-bond donors (Lipinski definition) is 3. The Morgan fingerprint density at radius 3 is 2.00 bits per heavy atom. The summed E-state index contributed by atoms with van der Waals surface area (Å²) in [5.74, 6) is -1.99. The molecule has 11 heteroatoms. The predicted octanol–water partition coefficient (Wildman–Crippen LogP) is -0.598. The summed E-state index contributed by atoms with van der Waals surface area (Å²) in [7, 11) is -9.90. The number of carbonyl (C=O) groups excluding carboxylic acids is 2. The molecule has 0 unspecified atom stereocenters. The summed E-state index contributed by atoms with van der Waals surface area (Å²) >= 11 is 0. The topological polar surface area (TPSA) is 169 Å². The molecule has 0 atom stereocenters. The molecule has 0 aromatic heterocycles. The van der Waals surface area contributed by atoms with Crippen LogP contribution in [0.3, 0.4) is 0 Å². The van der Waals surface area contributed by atoms with Crippen molar-refractivity contribution in [2.75, 3.05) is 0 Å². The van der Waals surface area contributed by atoms with E-state index in [1.165, 1.54) is 0 Å². The van der Waals surface area contributed by atoms with E-state index < -0.39 is 58.4 Å². The molecule has 1 aromatic rings. The zero-order valence-electron chi connectivity index (χ0n) is 9.97. The van der Waals surface area contributed by atoms with E-state index in [1.54, 1.807) is 0 Å². The SMILES string of the molecule is NC1=CC(=O)c2cc(S(=O)(=O)O)cc(S(=O)(=O)O)c2C1=O. The van der Waals surface area contributed by atoms with Gasteiger partial charge in [0.05, 0.1) is 16.2 Å². The summed E-state index contributed by atoms with van der Waals surface area (Å²) < 4.78 is 62.8. The number of allylic oxidation sites excluding steroid dienone is 2. The van der Waals surface area contributed by atoms with Gasteiger partial charge in [-0.25, -0.2) is 0 Å². The van der Waals surface area contributed by atoms with Gasteiger partial charge in [-0.3, -0.25) is 18.7 Å². The third-order valence-corrected chi connectivity index (χ3v) is 4.40. The second-order valence-corrected chi connectivity index (χ2v) is 6.90. The van der Waals surface area contributed by atoms with E-state index >= 15 is 0 Å². The van der Waals surface area contributed by atoms with E-state index in [2.05, 4.69) is 0 Å². The van der Waals surface area contributed by atoms with Crippen molar-refractivity contribution >= 4 is 31.8 Å². The average Bonchev–Trinajstić information content (AvgIpc) is 2.32. The molecule has 1 aliphatic rings. The molecule has 0 saturated carbocycles. The molecule has 4 N–H and O–H groups in total. The minimum absolute atomic E-state index is 0.368. The molecule has 0 amide bonds. The fraction of sp³-hybridized carbons (Fsp3) is 0. The Balaban J connectivity index is 3.00. The Hall–Kier alpha value is -2.08. The van der Waals surface area contributed by atoms with E-state index in [4.69, 9.17) is 14.8 Å². The molecule has 0 saturated heterocycles. The van der Waals surface area contributed by atoms with Gasteiger partial charge in [-0.1, -0.05) is 0 Å². The predicted molar refractivity (Wildman–Crippen MR) is 67.0 cm³/mol. The third kappa shape index (κ3) is 2.58. The molecule has 0 radical (unpaired) electrons. The number of Topliss-reactive ketones (excluding diaryl/α,β-unsaturated/α-hetero) is 1. The van der Waals surface area contributed by atoms with Crippen molar-refractivity contribution in [2.24, 2.45) is 5.73 Å². The molecular weight excluding hydrogens is 326 g/mol. The molecule has 1 aliphatic carbocycles. The van der Waals surface area contributed by atoms with E-state index in [9.17, 15) is 26.4 Å². The lowest BCUT2D eigenvalue weighted by Gasteiger charge is -2.16. The van der Waals surface area contributed by atoms with Gasteiger partial charge in [-0.05, 0) is 12.1 Å². The van der Waals surface area contributed by atoms with Crippen LogP contribution >= 0.6 is 0 Å². The molecule has 112 valence electrons. The summed E-state index contributed by atoms with van der Waals surface area (Å²) in [5.41, 5.74) is 3.37. The molecule has 9 nitrogen and oxygen atoms in total.